The van der Waals surface area contributed by atoms with Gasteiger partial charge in [-0.05, 0) is 37.3 Å². The van der Waals surface area contributed by atoms with Crippen LogP contribution < -0.4 is 5.32 Å². The Morgan fingerprint density at radius 2 is 2.15 bits per heavy atom. The number of ether oxygens (including phenoxy) is 1. The molecule has 2 aromatic rings. The molecule has 1 amide bonds. The maximum absolute atomic E-state index is 13.0. The largest absolute Gasteiger partial charge is 0.379 e. The van der Waals surface area contributed by atoms with Crippen LogP contribution in [-0.2, 0) is 28.9 Å². The maximum Gasteiger partial charge on any atom is 0.242 e. The highest BCUT2D eigenvalue weighted by atomic mass is 32.1. The summed E-state index contributed by atoms with van der Waals surface area (Å²) in [4.78, 5) is 25.5. The molecule has 4 rings (SSSR count). The summed E-state index contributed by atoms with van der Waals surface area (Å²) in [7, 11) is 0. The molecule has 0 spiro atoms. The molecule has 1 saturated heterocycles. The number of thiazole rings is 1. The number of amides is 1. The lowest BCUT2D eigenvalue weighted by molar-refractivity contribution is -0.128. The van der Waals surface area contributed by atoms with E-state index >= 15 is 0 Å². The van der Waals surface area contributed by atoms with Gasteiger partial charge < -0.3 is 10.1 Å². The van der Waals surface area contributed by atoms with Crippen molar-refractivity contribution in [1.29, 1.82) is 0 Å². The minimum Gasteiger partial charge on any atom is -0.379 e. The zero-order valence-electron chi connectivity index (χ0n) is 14.8. The van der Waals surface area contributed by atoms with Crippen LogP contribution in [0.25, 0.3) is 0 Å². The highest BCUT2D eigenvalue weighted by molar-refractivity contribution is 7.11. The zero-order chi connectivity index (χ0) is 17.8. The van der Waals surface area contributed by atoms with Crippen LogP contribution in [0, 0.1) is 0 Å². The van der Waals surface area contributed by atoms with Gasteiger partial charge in [-0.2, -0.15) is 0 Å². The van der Waals surface area contributed by atoms with Gasteiger partial charge in [0.25, 0.3) is 0 Å². The summed E-state index contributed by atoms with van der Waals surface area (Å²) >= 11 is 1.75. The van der Waals surface area contributed by atoms with Crippen LogP contribution in [0.15, 0.2) is 24.5 Å². The van der Waals surface area contributed by atoms with Crippen molar-refractivity contribution in [1.82, 2.24) is 20.2 Å². The van der Waals surface area contributed by atoms with E-state index in [1.165, 1.54) is 23.4 Å². The molecule has 1 aliphatic carbocycles. The van der Waals surface area contributed by atoms with Crippen molar-refractivity contribution in [2.45, 2.75) is 38.3 Å². The second kappa shape index (κ2) is 8.24. The van der Waals surface area contributed by atoms with E-state index in [4.69, 9.17) is 9.72 Å². The van der Waals surface area contributed by atoms with Gasteiger partial charge in [-0.25, -0.2) is 4.98 Å². The van der Waals surface area contributed by atoms with Gasteiger partial charge >= 0.3 is 0 Å². The molecule has 0 radical (unpaired) electrons. The van der Waals surface area contributed by atoms with Crippen molar-refractivity contribution in [3.8, 4) is 0 Å². The van der Waals surface area contributed by atoms with Gasteiger partial charge in [-0.1, -0.05) is 6.07 Å². The highest BCUT2D eigenvalue weighted by Crippen LogP contribution is 2.27. The van der Waals surface area contributed by atoms with E-state index in [0.717, 1.165) is 36.5 Å². The van der Waals surface area contributed by atoms with Crippen molar-refractivity contribution in [3.63, 3.8) is 0 Å². The minimum absolute atomic E-state index is 0.00747. The van der Waals surface area contributed by atoms with E-state index in [1.54, 1.807) is 23.7 Å². The number of carbonyl (C=O) groups excluding carboxylic acids is 1. The fraction of sp³-hybridized carbons (Fsp3) is 0.526. The quantitative estimate of drug-likeness (QED) is 0.871. The highest BCUT2D eigenvalue weighted by Gasteiger charge is 2.29. The fourth-order valence-electron chi connectivity index (χ4n) is 3.64. The lowest BCUT2D eigenvalue weighted by atomic mass is 10.0. The Hall–Kier alpha value is -1.83. The van der Waals surface area contributed by atoms with Crippen molar-refractivity contribution >= 4 is 17.2 Å². The maximum atomic E-state index is 13.0. The van der Waals surface area contributed by atoms with E-state index in [2.05, 4.69) is 15.2 Å². The normalized spacial score (nSPS) is 18.9. The SMILES string of the molecule is O=C(NCc1nc2c(s1)CCCC2)C(c1cccnc1)N1CCOCC1. The van der Waals surface area contributed by atoms with E-state index in [-0.39, 0.29) is 11.9 Å². The van der Waals surface area contributed by atoms with Gasteiger partial charge in [0.05, 0.1) is 25.5 Å². The first-order chi connectivity index (χ1) is 12.8. The average Bonchev–Trinajstić information content (AvgIpc) is 3.11. The predicted molar refractivity (Wildman–Crippen MR) is 100.0 cm³/mol. The minimum atomic E-state index is -0.331. The van der Waals surface area contributed by atoms with Gasteiger partial charge in [0, 0.05) is 30.4 Å². The standard InChI is InChI=1S/C19H24N4O2S/c24-19(21-13-17-22-15-5-1-2-6-16(15)26-17)18(14-4-3-7-20-12-14)23-8-10-25-11-9-23/h3-4,7,12,18H,1-2,5-6,8-11,13H2,(H,21,24). The number of hydrogen-bond donors (Lipinski definition) is 1. The number of nitrogens with one attached hydrogen (secondary N) is 1. The Morgan fingerprint density at radius 1 is 1.31 bits per heavy atom. The van der Waals surface area contributed by atoms with Crippen LogP contribution in [0.2, 0.25) is 0 Å². The second-order valence-corrected chi connectivity index (χ2v) is 7.91. The summed E-state index contributed by atoms with van der Waals surface area (Å²) in [6.07, 6.45) is 8.20. The summed E-state index contributed by atoms with van der Waals surface area (Å²) in [6, 6.07) is 3.52. The van der Waals surface area contributed by atoms with Crippen molar-refractivity contribution in [2.24, 2.45) is 0 Å². The molecule has 1 unspecified atom stereocenters. The molecule has 0 saturated carbocycles. The Labute approximate surface area is 157 Å². The Morgan fingerprint density at radius 3 is 2.92 bits per heavy atom. The van der Waals surface area contributed by atoms with Gasteiger partial charge in [0.2, 0.25) is 5.91 Å². The number of nitrogens with zero attached hydrogens (tertiary/aromatic N) is 3. The van der Waals surface area contributed by atoms with E-state index in [0.29, 0.717) is 19.8 Å². The molecule has 2 aliphatic rings. The third-order valence-electron chi connectivity index (χ3n) is 4.96. The van der Waals surface area contributed by atoms with Gasteiger partial charge in [0.1, 0.15) is 11.0 Å². The first-order valence-electron chi connectivity index (χ1n) is 9.28. The molecule has 3 heterocycles. The third kappa shape index (κ3) is 3.95. The number of fused-ring (bicyclic) bond motifs is 1. The zero-order valence-corrected chi connectivity index (χ0v) is 15.6. The molecular weight excluding hydrogens is 348 g/mol. The summed E-state index contributed by atoms with van der Waals surface area (Å²) < 4.78 is 5.44. The molecule has 6 nitrogen and oxygen atoms in total. The van der Waals surface area contributed by atoms with Crippen molar-refractivity contribution < 1.29 is 9.53 Å². The van der Waals surface area contributed by atoms with Crippen LogP contribution in [0.5, 0.6) is 0 Å². The summed E-state index contributed by atoms with van der Waals surface area (Å²) in [5, 5.41) is 4.11. The fourth-order valence-corrected chi connectivity index (χ4v) is 4.74. The van der Waals surface area contributed by atoms with E-state index < -0.39 is 0 Å². The van der Waals surface area contributed by atoms with E-state index in [1.807, 2.05) is 12.1 Å². The predicted octanol–water partition coefficient (Wildman–Crippen LogP) is 2.11. The average molecular weight is 372 g/mol. The molecular formula is C19H24N4O2S. The first kappa shape index (κ1) is 17.6. The van der Waals surface area contributed by atoms with Crippen LogP contribution in [0.4, 0.5) is 0 Å². The summed E-state index contributed by atoms with van der Waals surface area (Å²) in [5.74, 6) is 0.00747. The number of carbonyl (C=O) groups is 1. The Bertz CT molecular complexity index is 720. The molecule has 1 fully saturated rings. The van der Waals surface area contributed by atoms with Crippen LogP contribution in [0.1, 0.15) is 40.0 Å². The van der Waals surface area contributed by atoms with Crippen LogP contribution >= 0.6 is 11.3 Å². The molecule has 2 aromatic heterocycles. The van der Waals surface area contributed by atoms with Crippen LogP contribution in [0.3, 0.4) is 0 Å². The van der Waals surface area contributed by atoms with Gasteiger partial charge in [-0.15, -0.1) is 11.3 Å². The number of hydrogen-bond acceptors (Lipinski definition) is 6. The van der Waals surface area contributed by atoms with Crippen molar-refractivity contribution in [2.75, 3.05) is 26.3 Å². The lowest BCUT2D eigenvalue weighted by Gasteiger charge is -2.33. The first-order valence-corrected chi connectivity index (χ1v) is 10.1. The number of aryl methyl sites for hydroxylation is 2. The van der Waals surface area contributed by atoms with E-state index in [9.17, 15) is 4.79 Å². The Kier molecular flexibility index (Phi) is 5.57. The number of pyridine rings is 1. The Balaban J connectivity index is 1.46. The second-order valence-electron chi connectivity index (χ2n) is 6.74. The number of aromatic nitrogens is 2. The number of morpholine rings is 1. The molecule has 1 atom stereocenters. The molecule has 1 N–H and O–H groups in total. The van der Waals surface area contributed by atoms with Crippen LogP contribution in [-0.4, -0.2) is 47.1 Å². The summed E-state index contributed by atoms with van der Waals surface area (Å²) in [6.45, 7) is 3.31. The lowest BCUT2D eigenvalue weighted by Crippen LogP contribution is -2.45. The smallest absolute Gasteiger partial charge is 0.242 e. The molecule has 7 heteroatoms. The molecule has 138 valence electrons. The topological polar surface area (TPSA) is 67.4 Å². The van der Waals surface area contributed by atoms with Crippen molar-refractivity contribution in [3.05, 3.63) is 45.7 Å². The number of rotatable bonds is 5. The molecule has 0 aromatic carbocycles. The monoisotopic (exact) mass is 372 g/mol. The molecule has 1 aliphatic heterocycles. The summed E-state index contributed by atoms with van der Waals surface area (Å²) in [5.41, 5.74) is 2.16. The third-order valence-corrected chi connectivity index (χ3v) is 6.12. The van der Waals surface area contributed by atoms with Gasteiger partial charge in [0.15, 0.2) is 0 Å². The van der Waals surface area contributed by atoms with Gasteiger partial charge in [-0.3, -0.25) is 14.7 Å². The molecule has 0 bridgehead atoms. The molecule has 26 heavy (non-hydrogen) atoms.